The maximum Gasteiger partial charge on any atom is 0.313 e. The van der Waals surface area contributed by atoms with Gasteiger partial charge in [0.1, 0.15) is 0 Å². The summed E-state index contributed by atoms with van der Waals surface area (Å²) in [6.45, 7) is 3.96. The molecule has 0 bridgehead atoms. The molecule has 6 heteroatoms. The van der Waals surface area contributed by atoms with E-state index in [1.807, 2.05) is 13.8 Å². The van der Waals surface area contributed by atoms with Crippen molar-refractivity contribution in [3.8, 4) is 0 Å². The Morgan fingerprint density at radius 3 is 2.38 bits per heavy atom. The molecule has 0 fully saturated rings. The Balaban J connectivity index is 3.86. The van der Waals surface area contributed by atoms with E-state index in [4.69, 9.17) is 10.2 Å². The van der Waals surface area contributed by atoms with Crippen molar-refractivity contribution in [2.24, 2.45) is 5.92 Å². The van der Waals surface area contributed by atoms with E-state index in [0.717, 1.165) is 11.8 Å². The van der Waals surface area contributed by atoms with E-state index >= 15 is 0 Å². The van der Waals surface area contributed by atoms with Gasteiger partial charge in [-0.15, -0.1) is 11.8 Å². The molecule has 0 spiro atoms. The average molecular weight is 249 g/mol. The van der Waals surface area contributed by atoms with Crippen LogP contribution in [0.1, 0.15) is 20.3 Å². The molecule has 5 nitrogen and oxygen atoms in total. The van der Waals surface area contributed by atoms with Gasteiger partial charge in [-0.3, -0.25) is 9.59 Å². The van der Waals surface area contributed by atoms with Gasteiger partial charge in [0.25, 0.3) is 0 Å². The number of amides is 1. The van der Waals surface area contributed by atoms with Crippen molar-refractivity contribution >= 4 is 23.6 Å². The molecule has 1 unspecified atom stereocenters. The van der Waals surface area contributed by atoms with E-state index in [1.165, 1.54) is 0 Å². The fraction of sp³-hybridized carbons (Fsp3) is 0.800. The van der Waals surface area contributed by atoms with Crippen molar-refractivity contribution in [3.05, 3.63) is 0 Å². The summed E-state index contributed by atoms with van der Waals surface area (Å²) in [4.78, 5) is 21.6. The largest absolute Gasteiger partial charge is 0.481 e. The summed E-state index contributed by atoms with van der Waals surface area (Å²) >= 11 is 1.07. The first-order valence-corrected chi connectivity index (χ1v) is 6.32. The number of hydrogen-bond acceptors (Lipinski definition) is 4. The first kappa shape index (κ1) is 15.2. The minimum absolute atomic E-state index is 0.0331. The average Bonchev–Trinajstić information content (AvgIpc) is 2.16. The third kappa shape index (κ3) is 7.53. The standard InChI is InChI=1S/C10H19NO4S/c1-7(2)8(3-4-12)11-9(13)5-16-6-10(14)15/h7-8,12H,3-6H2,1-2H3,(H,11,13)(H,14,15). The molecule has 3 N–H and O–H groups in total. The number of thioether (sulfide) groups is 1. The summed E-state index contributed by atoms with van der Waals surface area (Å²) in [5.74, 6) is -0.784. The van der Waals surface area contributed by atoms with E-state index < -0.39 is 5.97 Å². The maximum atomic E-state index is 11.4. The Hall–Kier alpha value is -0.750. The monoisotopic (exact) mass is 249 g/mol. The van der Waals surface area contributed by atoms with E-state index in [-0.39, 0.29) is 36.0 Å². The summed E-state index contributed by atoms with van der Waals surface area (Å²) in [6.07, 6.45) is 0.521. The van der Waals surface area contributed by atoms with E-state index in [1.54, 1.807) is 0 Å². The van der Waals surface area contributed by atoms with Crippen LogP contribution in [0, 0.1) is 5.92 Å². The van der Waals surface area contributed by atoms with Gasteiger partial charge in [-0.1, -0.05) is 13.8 Å². The minimum Gasteiger partial charge on any atom is -0.481 e. The zero-order chi connectivity index (χ0) is 12.6. The highest BCUT2D eigenvalue weighted by atomic mass is 32.2. The summed E-state index contributed by atoms with van der Waals surface area (Å²) in [6, 6.07) is -0.0528. The van der Waals surface area contributed by atoms with Crippen molar-refractivity contribution in [3.63, 3.8) is 0 Å². The molecular formula is C10H19NO4S. The van der Waals surface area contributed by atoms with Gasteiger partial charge in [0.15, 0.2) is 0 Å². The van der Waals surface area contributed by atoms with Gasteiger partial charge >= 0.3 is 5.97 Å². The molecule has 1 amide bonds. The molecule has 0 heterocycles. The Bertz CT molecular complexity index is 233. The number of carbonyl (C=O) groups is 2. The molecule has 0 saturated carbocycles. The Kier molecular flexibility index (Phi) is 8.01. The SMILES string of the molecule is CC(C)C(CCO)NC(=O)CSCC(=O)O. The van der Waals surface area contributed by atoms with Gasteiger partial charge < -0.3 is 15.5 Å². The molecule has 0 aliphatic carbocycles. The lowest BCUT2D eigenvalue weighted by molar-refractivity contribution is -0.133. The molecule has 0 aliphatic heterocycles. The van der Waals surface area contributed by atoms with Crippen LogP contribution in [-0.4, -0.2) is 46.2 Å². The highest BCUT2D eigenvalue weighted by Gasteiger charge is 2.15. The summed E-state index contributed by atoms with van der Waals surface area (Å²) < 4.78 is 0. The van der Waals surface area contributed by atoms with Gasteiger partial charge in [0.05, 0.1) is 11.5 Å². The number of nitrogens with one attached hydrogen (secondary N) is 1. The highest BCUT2D eigenvalue weighted by molar-refractivity contribution is 8.00. The van der Waals surface area contributed by atoms with Gasteiger partial charge in [-0.2, -0.15) is 0 Å². The Labute approximate surface area is 99.6 Å². The summed E-state index contributed by atoms with van der Waals surface area (Å²) in [5, 5.41) is 20.0. The van der Waals surface area contributed by atoms with Crippen LogP contribution < -0.4 is 5.32 Å². The number of carboxylic acids is 1. The number of rotatable bonds is 8. The number of carbonyl (C=O) groups excluding carboxylic acids is 1. The van der Waals surface area contributed by atoms with Crippen LogP contribution in [0.3, 0.4) is 0 Å². The van der Waals surface area contributed by atoms with Crippen LogP contribution in [0.25, 0.3) is 0 Å². The van der Waals surface area contributed by atoms with Crippen LogP contribution in [0.5, 0.6) is 0 Å². The van der Waals surface area contributed by atoms with Gasteiger partial charge in [-0.25, -0.2) is 0 Å². The van der Waals surface area contributed by atoms with Crippen LogP contribution in [-0.2, 0) is 9.59 Å². The van der Waals surface area contributed by atoms with Crippen molar-refractivity contribution < 1.29 is 19.8 Å². The van der Waals surface area contributed by atoms with E-state index in [9.17, 15) is 9.59 Å². The lowest BCUT2D eigenvalue weighted by Gasteiger charge is -2.21. The zero-order valence-corrected chi connectivity index (χ0v) is 10.4. The number of hydrogen-bond donors (Lipinski definition) is 3. The lowest BCUT2D eigenvalue weighted by Crippen LogP contribution is -2.40. The second kappa shape index (κ2) is 8.41. The molecule has 16 heavy (non-hydrogen) atoms. The molecule has 0 aromatic rings. The molecule has 0 saturated heterocycles. The Morgan fingerprint density at radius 2 is 1.94 bits per heavy atom. The number of aliphatic carboxylic acids is 1. The van der Waals surface area contributed by atoms with Crippen molar-refractivity contribution in [2.45, 2.75) is 26.3 Å². The quantitative estimate of drug-likeness (QED) is 0.577. The topological polar surface area (TPSA) is 86.6 Å². The van der Waals surface area contributed by atoms with Crippen LogP contribution >= 0.6 is 11.8 Å². The first-order chi connectivity index (χ1) is 7.47. The molecule has 0 aromatic heterocycles. The number of carboxylic acid groups (broad SMARTS) is 1. The summed E-state index contributed by atoms with van der Waals surface area (Å²) in [7, 11) is 0. The van der Waals surface area contributed by atoms with Crippen molar-refractivity contribution in [1.82, 2.24) is 5.32 Å². The maximum absolute atomic E-state index is 11.4. The van der Waals surface area contributed by atoms with Gasteiger partial charge in [0.2, 0.25) is 5.91 Å². The number of aliphatic hydroxyl groups excluding tert-OH is 1. The van der Waals surface area contributed by atoms with Gasteiger partial charge in [0, 0.05) is 12.6 Å². The molecule has 0 aromatic carbocycles. The molecule has 0 rings (SSSR count). The molecule has 94 valence electrons. The molecule has 1 atom stereocenters. The van der Waals surface area contributed by atoms with E-state index in [0.29, 0.717) is 6.42 Å². The highest BCUT2D eigenvalue weighted by Crippen LogP contribution is 2.06. The van der Waals surface area contributed by atoms with E-state index in [2.05, 4.69) is 5.32 Å². The second-order valence-corrected chi connectivity index (χ2v) is 4.80. The predicted molar refractivity (Wildman–Crippen MR) is 63.4 cm³/mol. The number of aliphatic hydroxyl groups is 1. The van der Waals surface area contributed by atoms with Gasteiger partial charge in [-0.05, 0) is 12.3 Å². The third-order valence-corrected chi connectivity index (χ3v) is 2.97. The Morgan fingerprint density at radius 1 is 1.31 bits per heavy atom. The molecule has 0 aliphatic rings. The fourth-order valence-electron chi connectivity index (χ4n) is 1.19. The predicted octanol–water partition coefficient (Wildman–Crippen LogP) is 0.327. The van der Waals surface area contributed by atoms with Crippen molar-refractivity contribution in [1.29, 1.82) is 0 Å². The zero-order valence-electron chi connectivity index (χ0n) is 9.60. The van der Waals surface area contributed by atoms with Crippen LogP contribution in [0.2, 0.25) is 0 Å². The third-order valence-electron chi connectivity index (χ3n) is 2.05. The smallest absolute Gasteiger partial charge is 0.313 e. The molecular weight excluding hydrogens is 230 g/mol. The fourth-order valence-corrected chi connectivity index (χ4v) is 1.74. The lowest BCUT2D eigenvalue weighted by atomic mass is 10.0. The first-order valence-electron chi connectivity index (χ1n) is 5.17. The minimum atomic E-state index is -0.923. The van der Waals surface area contributed by atoms with Crippen LogP contribution in [0.4, 0.5) is 0 Å². The van der Waals surface area contributed by atoms with Crippen LogP contribution in [0.15, 0.2) is 0 Å². The summed E-state index contributed by atoms with van der Waals surface area (Å²) in [5.41, 5.74) is 0. The normalized spacial score (nSPS) is 12.5. The van der Waals surface area contributed by atoms with Crippen molar-refractivity contribution in [2.75, 3.05) is 18.1 Å². The second-order valence-electron chi connectivity index (χ2n) is 3.82. The molecule has 0 radical (unpaired) electrons.